The van der Waals surface area contributed by atoms with Crippen LogP contribution in [-0.2, 0) is 0 Å². The number of aryl methyl sites for hydroxylation is 1. The number of hydrogen-bond donors (Lipinski definition) is 1. The summed E-state index contributed by atoms with van der Waals surface area (Å²) >= 11 is 1.43. The molecule has 0 aliphatic heterocycles. The molecule has 3 heterocycles. The second-order valence-corrected chi connectivity index (χ2v) is 7.01. The van der Waals surface area contributed by atoms with E-state index in [0.717, 1.165) is 17.7 Å². The fraction of sp³-hybridized carbons (Fsp3) is 0.400. The van der Waals surface area contributed by atoms with Crippen LogP contribution in [0.3, 0.4) is 0 Å². The highest BCUT2D eigenvalue weighted by Crippen LogP contribution is 2.35. The number of tetrazole rings is 1. The Morgan fingerprint density at radius 3 is 3.04 bits per heavy atom. The van der Waals surface area contributed by atoms with Gasteiger partial charge in [0.1, 0.15) is 5.69 Å². The van der Waals surface area contributed by atoms with Gasteiger partial charge in [0.25, 0.3) is 5.91 Å². The van der Waals surface area contributed by atoms with Crippen LogP contribution in [-0.4, -0.2) is 31.1 Å². The summed E-state index contributed by atoms with van der Waals surface area (Å²) in [6.45, 7) is 3.75. The molecule has 3 aromatic rings. The van der Waals surface area contributed by atoms with Crippen LogP contribution >= 0.6 is 11.3 Å². The molecule has 0 aromatic carbocycles. The number of amides is 1. The van der Waals surface area contributed by atoms with Crippen molar-refractivity contribution in [2.75, 3.05) is 0 Å². The zero-order chi connectivity index (χ0) is 16.7. The van der Waals surface area contributed by atoms with E-state index in [1.165, 1.54) is 11.3 Å². The highest BCUT2D eigenvalue weighted by atomic mass is 32.1. The Labute approximate surface area is 141 Å². The van der Waals surface area contributed by atoms with E-state index in [-0.39, 0.29) is 11.9 Å². The van der Waals surface area contributed by atoms with Crippen molar-refractivity contribution in [3.63, 3.8) is 0 Å². The van der Waals surface area contributed by atoms with E-state index in [2.05, 4.69) is 25.8 Å². The van der Waals surface area contributed by atoms with Crippen molar-refractivity contribution >= 4 is 17.2 Å². The van der Waals surface area contributed by atoms with Gasteiger partial charge in [0.2, 0.25) is 0 Å². The van der Waals surface area contributed by atoms with Gasteiger partial charge >= 0.3 is 0 Å². The van der Waals surface area contributed by atoms with Gasteiger partial charge < -0.3 is 9.73 Å². The maximum absolute atomic E-state index is 12.6. The van der Waals surface area contributed by atoms with Crippen LogP contribution in [0.25, 0.3) is 10.8 Å². The smallest absolute Gasteiger partial charge is 0.271 e. The molecule has 1 aliphatic carbocycles. The predicted molar refractivity (Wildman–Crippen MR) is 86.5 cm³/mol. The first kappa shape index (κ1) is 15.0. The van der Waals surface area contributed by atoms with Crippen molar-refractivity contribution in [3.8, 4) is 10.8 Å². The zero-order valence-corrected chi connectivity index (χ0v) is 14.1. The van der Waals surface area contributed by atoms with Crippen LogP contribution in [0.1, 0.15) is 53.0 Å². The topological polar surface area (TPSA) is 98.7 Å². The molecule has 4 rings (SSSR count). The largest absolute Gasteiger partial charge is 0.462 e. The quantitative estimate of drug-likeness (QED) is 0.763. The third-order valence-corrected chi connectivity index (χ3v) is 4.87. The van der Waals surface area contributed by atoms with Gasteiger partial charge in [-0.3, -0.25) is 4.79 Å². The van der Waals surface area contributed by atoms with Crippen LogP contribution in [0.5, 0.6) is 0 Å². The average molecular weight is 344 g/mol. The molecule has 1 saturated carbocycles. The Morgan fingerprint density at radius 2 is 2.33 bits per heavy atom. The molecule has 0 radical (unpaired) electrons. The van der Waals surface area contributed by atoms with Crippen molar-refractivity contribution in [2.24, 2.45) is 0 Å². The molecule has 1 fully saturated rings. The number of nitrogens with one attached hydrogen (secondary N) is 1. The van der Waals surface area contributed by atoms with Crippen LogP contribution in [0.15, 0.2) is 22.8 Å². The fourth-order valence-corrected chi connectivity index (χ4v) is 3.39. The second-order valence-electron chi connectivity index (χ2n) is 5.81. The Hall–Kier alpha value is -2.55. The van der Waals surface area contributed by atoms with Crippen molar-refractivity contribution < 1.29 is 9.21 Å². The number of carbonyl (C=O) groups excluding carboxylic acids is 1. The van der Waals surface area contributed by atoms with E-state index in [1.54, 1.807) is 17.0 Å². The van der Waals surface area contributed by atoms with Crippen LogP contribution in [0.4, 0.5) is 0 Å². The van der Waals surface area contributed by atoms with Crippen molar-refractivity contribution in [1.82, 2.24) is 30.5 Å². The molecule has 8 nitrogen and oxygen atoms in total. The normalized spacial score (nSPS) is 15.4. The van der Waals surface area contributed by atoms with E-state index in [9.17, 15) is 4.79 Å². The molecule has 124 valence electrons. The Bertz CT molecular complexity index is 865. The fourth-order valence-electron chi connectivity index (χ4n) is 2.51. The summed E-state index contributed by atoms with van der Waals surface area (Å²) in [5, 5.41) is 15.4. The van der Waals surface area contributed by atoms with Gasteiger partial charge in [0.15, 0.2) is 16.6 Å². The number of furan rings is 1. The maximum atomic E-state index is 12.6. The molecule has 0 bridgehead atoms. The molecule has 1 amide bonds. The maximum Gasteiger partial charge on any atom is 0.271 e. The van der Waals surface area contributed by atoms with Crippen LogP contribution in [0, 0.1) is 6.92 Å². The minimum Gasteiger partial charge on any atom is -0.462 e. The van der Waals surface area contributed by atoms with Gasteiger partial charge in [-0.05, 0) is 49.2 Å². The van der Waals surface area contributed by atoms with Crippen molar-refractivity contribution in [1.29, 1.82) is 0 Å². The number of carbonyl (C=O) groups is 1. The molecule has 9 heteroatoms. The SMILES string of the molecule is Cc1sc(-c2ccco2)nc1C(=O)NC(C)c1nnnn1C1CC1. The van der Waals surface area contributed by atoms with Gasteiger partial charge in [-0.15, -0.1) is 16.4 Å². The molecular formula is C15H16N6O2S. The summed E-state index contributed by atoms with van der Waals surface area (Å²) in [4.78, 5) is 17.8. The number of nitrogens with zero attached hydrogens (tertiary/aromatic N) is 5. The summed E-state index contributed by atoms with van der Waals surface area (Å²) < 4.78 is 7.14. The third kappa shape index (κ3) is 2.71. The highest BCUT2D eigenvalue weighted by Gasteiger charge is 2.30. The third-order valence-electron chi connectivity index (χ3n) is 3.89. The molecule has 0 saturated heterocycles. The minimum absolute atomic E-state index is 0.237. The Morgan fingerprint density at radius 1 is 1.50 bits per heavy atom. The van der Waals surface area contributed by atoms with Gasteiger partial charge in [-0.1, -0.05) is 0 Å². The number of hydrogen-bond acceptors (Lipinski definition) is 7. The molecule has 0 spiro atoms. The predicted octanol–water partition coefficient (Wildman–Crippen LogP) is 2.52. The summed E-state index contributed by atoms with van der Waals surface area (Å²) in [7, 11) is 0. The van der Waals surface area contributed by atoms with E-state index in [4.69, 9.17) is 4.42 Å². The first-order valence-electron chi connectivity index (χ1n) is 7.73. The van der Waals surface area contributed by atoms with Crippen molar-refractivity contribution in [2.45, 2.75) is 38.8 Å². The lowest BCUT2D eigenvalue weighted by Gasteiger charge is -2.12. The summed E-state index contributed by atoms with van der Waals surface area (Å²) in [6, 6.07) is 3.69. The van der Waals surface area contributed by atoms with Gasteiger partial charge in [0, 0.05) is 4.88 Å². The van der Waals surface area contributed by atoms with Crippen LogP contribution < -0.4 is 5.32 Å². The van der Waals surface area contributed by atoms with Crippen molar-refractivity contribution in [3.05, 3.63) is 34.8 Å². The second kappa shape index (κ2) is 5.82. The van der Waals surface area contributed by atoms with Crippen LogP contribution in [0.2, 0.25) is 0 Å². The lowest BCUT2D eigenvalue weighted by molar-refractivity contribution is 0.0932. The summed E-state index contributed by atoms with van der Waals surface area (Å²) in [5.41, 5.74) is 0.406. The number of aromatic nitrogens is 5. The first-order chi connectivity index (χ1) is 11.6. The minimum atomic E-state index is -0.290. The highest BCUT2D eigenvalue weighted by molar-refractivity contribution is 7.15. The first-order valence-corrected chi connectivity index (χ1v) is 8.55. The molecule has 1 atom stereocenters. The van der Waals surface area contributed by atoms with E-state index >= 15 is 0 Å². The Balaban J connectivity index is 1.52. The van der Waals surface area contributed by atoms with Gasteiger partial charge in [-0.2, -0.15) is 0 Å². The standard InChI is InChI=1S/C15H16N6O2S/c1-8(13-18-19-20-21(13)10-5-6-10)16-14(22)12-9(2)24-15(17-12)11-4-3-7-23-11/h3-4,7-8,10H,5-6H2,1-2H3,(H,16,22). The van der Waals surface area contributed by atoms with Gasteiger partial charge in [-0.25, -0.2) is 9.67 Å². The summed E-state index contributed by atoms with van der Waals surface area (Å²) in [6.07, 6.45) is 3.75. The summed E-state index contributed by atoms with van der Waals surface area (Å²) in [5.74, 6) is 1.09. The molecular weight excluding hydrogens is 328 g/mol. The average Bonchev–Trinajstić information content (AvgIpc) is 2.98. The Kier molecular flexibility index (Phi) is 3.64. The lowest BCUT2D eigenvalue weighted by atomic mass is 10.2. The van der Waals surface area contributed by atoms with E-state index < -0.39 is 0 Å². The lowest BCUT2D eigenvalue weighted by Crippen LogP contribution is -2.29. The number of thiazole rings is 1. The van der Waals surface area contributed by atoms with E-state index in [1.807, 2.05) is 19.9 Å². The monoisotopic (exact) mass is 344 g/mol. The molecule has 1 aliphatic rings. The molecule has 1 N–H and O–H groups in total. The zero-order valence-electron chi connectivity index (χ0n) is 13.3. The number of rotatable bonds is 5. The molecule has 24 heavy (non-hydrogen) atoms. The molecule has 3 aromatic heterocycles. The molecule has 1 unspecified atom stereocenters. The van der Waals surface area contributed by atoms with E-state index in [0.29, 0.717) is 28.3 Å². The van der Waals surface area contributed by atoms with Gasteiger partial charge in [0.05, 0.1) is 18.3 Å².